The van der Waals surface area contributed by atoms with E-state index in [0.29, 0.717) is 37.5 Å². The number of hydrogen-bond donors (Lipinski definition) is 1. The number of nitrogens with one attached hydrogen (secondary N) is 1. The minimum atomic E-state index is -0.271. The van der Waals surface area contributed by atoms with E-state index in [-0.39, 0.29) is 24.1 Å². The Hall–Kier alpha value is -1.44. The minimum Gasteiger partial charge on any atom is -0.351 e. The zero-order chi connectivity index (χ0) is 16.8. The van der Waals surface area contributed by atoms with Gasteiger partial charge in [0.15, 0.2) is 6.29 Å². The lowest BCUT2D eigenvalue weighted by Crippen LogP contribution is -2.50. The maximum absolute atomic E-state index is 12.5. The highest BCUT2D eigenvalue weighted by Gasteiger charge is 2.35. The normalized spacial score (nSPS) is 21.8. The van der Waals surface area contributed by atoms with Crippen LogP contribution in [0.2, 0.25) is 0 Å². The van der Waals surface area contributed by atoms with Crippen LogP contribution in [0.15, 0.2) is 17.5 Å². The number of amides is 2. The molecule has 2 aliphatic rings. The molecule has 1 atom stereocenters. The molecular formula is C17H24N2O4S. The van der Waals surface area contributed by atoms with E-state index in [9.17, 15) is 9.59 Å². The van der Waals surface area contributed by atoms with Crippen LogP contribution < -0.4 is 5.32 Å². The Morgan fingerprint density at radius 1 is 1.29 bits per heavy atom. The van der Waals surface area contributed by atoms with E-state index >= 15 is 0 Å². The molecule has 2 amide bonds. The summed E-state index contributed by atoms with van der Waals surface area (Å²) < 4.78 is 11.2. The summed E-state index contributed by atoms with van der Waals surface area (Å²) in [7, 11) is 0. The molecule has 1 aromatic rings. The highest BCUT2D eigenvalue weighted by molar-refractivity contribution is 7.12. The molecule has 2 aliphatic heterocycles. The maximum Gasteiger partial charge on any atom is 0.261 e. The molecule has 6 nitrogen and oxygen atoms in total. The molecule has 0 aromatic carbocycles. The summed E-state index contributed by atoms with van der Waals surface area (Å²) in [4.78, 5) is 27.0. The number of ether oxygens (including phenoxy) is 2. The lowest BCUT2D eigenvalue weighted by Gasteiger charge is -2.38. The second-order valence-corrected chi connectivity index (χ2v) is 7.04. The first-order chi connectivity index (χ1) is 11.8. The van der Waals surface area contributed by atoms with Crippen LogP contribution in [0.1, 0.15) is 41.8 Å². The van der Waals surface area contributed by atoms with Crippen molar-refractivity contribution >= 4 is 23.2 Å². The minimum absolute atomic E-state index is 0.0365. The van der Waals surface area contributed by atoms with Crippen molar-refractivity contribution in [2.24, 2.45) is 0 Å². The summed E-state index contributed by atoms with van der Waals surface area (Å²) >= 11 is 1.42. The smallest absolute Gasteiger partial charge is 0.261 e. The molecule has 132 valence electrons. The van der Waals surface area contributed by atoms with Gasteiger partial charge >= 0.3 is 0 Å². The zero-order valence-electron chi connectivity index (χ0n) is 13.7. The van der Waals surface area contributed by atoms with Crippen LogP contribution >= 0.6 is 11.3 Å². The van der Waals surface area contributed by atoms with Crippen LogP contribution in [-0.4, -0.2) is 55.3 Å². The van der Waals surface area contributed by atoms with Crippen molar-refractivity contribution in [3.8, 4) is 0 Å². The summed E-state index contributed by atoms with van der Waals surface area (Å²) in [6.07, 6.45) is 3.89. The van der Waals surface area contributed by atoms with E-state index in [1.165, 1.54) is 11.3 Å². The van der Waals surface area contributed by atoms with Crippen LogP contribution in [0.4, 0.5) is 0 Å². The molecular weight excluding hydrogens is 328 g/mol. The SMILES string of the molecule is O=C(NCCCC(=O)N1CCCCC1C1OCCO1)c1cccs1. The third-order valence-corrected chi connectivity index (χ3v) is 5.30. The van der Waals surface area contributed by atoms with Gasteiger partial charge < -0.3 is 19.7 Å². The van der Waals surface area contributed by atoms with E-state index in [1.807, 2.05) is 16.3 Å². The molecule has 3 heterocycles. The number of thiophene rings is 1. The average Bonchev–Trinajstić information content (AvgIpc) is 3.32. The number of carbonyl (C=O) groups excluding carboxylic acids is 2. The van der Waals surface area contributed by atoms with Gasteiger partial charge in [-0.2, -0.15) is 0 Å². The molecule has 0 bridgehead atoms. The molecule has 1 aromatic heterocycles. The van der Waals surface area contributed by atoms with Gasteiger partial charge in [0.1, 0.15) is 0 Å². The molecule has 1 unspecified atom stereocenters. The predicted molar refractivity (Wildman–Crippen MR) is 90.9 cm³/mol. The van der Waals surface area contributed by atoms with Gasteiger partial charge in [0, 0.05) is 19.5 Å². The second kappa shape index (κ2) is 8.60. The van der Waals surface area contributed by atoms with Crippen molar-refractivity contribution in [1.82, 2.24) is 10.2 Å². The fraction of sp³-hybridized carbons (Fsp3) is 0.647. The lowest BCUT2D eigenvalue weighted by molar-refractivity contribution is -0.150. The first-order valence-electron chi connectivity index (χ1n) is 8.60. The van der Waals surface area contributed by atoms with Gasteiger partial charge in [-0.25, -0.2) is 0 Å². The molecule has 1 N–H and O–H groups in total. The van der Waals surface area contributed by atoms with E-state index in [0.717, 1.165) is 25.8 Å². The first-order valence-corrected chi connectivity index (χ1v) is 9.48. The van der Waals surface area contributed by atoms with E-state index in [4.69, 9.17) is 9.47 Å². The monoisotopic (exact) mass is 352 g/mol. The van der Waals surface area contributed by atoms with Crippen molar-refractivity contribution in [1.29, 1.82) is 0 Å². The topological polar surface area (TPSA) is 67.9 Å². The van der Waals surface area contributed by atoms with Crippen LogP contribution in [0.25, 0.3) is 0 Å². The van der Waals surface area contributed by atoms with Gasteiger partial charge in [0.2, 0.25) is 5.91 Å². The summed E-state index contributed by atoms with van der Waals surface area (Å²) in [6.45, 7) is 2.50. The number of likely N-dealkylation sites (tertiary alicyclic amines) is 1. The molecule has 24 heavy (non-hydrogen) atoms. The summed E-state index contributed by atoms with van der Waals surface area (Å²) in [6, 6.07) is 3.69. The van der Waals surface area contributed by atoms with Crippen molar-refractivity contribution < 1.29 is 19.1 Å². The third-order valence-electron chi connectivity index (χ3n) is 4.43. The largest absolute Gasteiger partial charge is 0.351 e. The van der Waals surface area contributed by atoms with Crippen LogP contribution in [0.3, 0.4) is 0 Å². The first kappa shape index (κ1) is 17.4. The number of piperidine rings is 1. The molecule has 7 heteroatoms. The molecule has 0 radical (unpaired) electrons. The predicted octanol–water partition coefficient (Wildman–Crippen LogP) is 2.01. The van der Waals surface area contributed by atoms with Gasteiger partial charge in [0.05, 0.1) is 24.1 Å². The Morgan fingerprint density at radius 2 is 2.12 bits per heavy atom. The summed E-state index contributed by atoms with van der Waals surface area (Å²) in [5.41, 5.74) is 0. The molecule has 3 rings (SSSR count). The highest BCUT2D eigenvalue weighted by Crippen LogP contribution is 2.25. The maximum atomic E-state index is 12.5. The Labute approximate surface area is 146 Å². The van der Waals surface area contributed by atoms with Crippen molar-refractivity contribution in [2.75, 3.05) is 26.3 Å². The molecule has 0 aliphatic carbocycles. The number of carbonyl (C=O) groups is 2. The Morgan fingerprint density at radius 3 is 2.88 bits per heavy atom. The van der Waals surface area contributed by atoms with E-state index in [1.54, 1.807) is 6.07 Å². The standard InChI is InChI=1S/C17H24N2O4S/c20-15(7-3-8-18-16(21)14-6-4-12-24-14)19-9-2-1-5-13(19)17-22-10-11-23-17/h4,6,12-13,17H,1-3,5,7-11H2,(H,18,21). The van der Waals surface area contributed by atoms with Gasteiger partial charge in [0.25, 0.3) is 5.91 Å². The fourth-order valence-corrected chi connectivity index (χ4v) is 3.87. The summed E-state index contributed by atoms with van der Waals surface area (Å²) in [5.74, 6) is 0.0604. The second-order valence-electron chi connectivity index (χ2n) is 6.10. The number of hydrogen-bond acceptors (Lipinski definition) is 5. The van der Waals surface area contributed by atoms with Gasteiger partial charge in [-0.3, -0.25) is 9.59 Å². The molecule has 2 saturated heterocycles. The Bertz CT molecular complexity index is 543. The number of nitrogens with zero attached hydrogens (tertiary/aromatic N) is 1. The van der Waals surface area contributed by atoms with Gasteiger partial charge in [-0.15, -0.1) is 11.3 Å². The molecule has 0 spiro atoms. The third kappa shape index (κ3) is 4.34. The van der Waals surface area contributed by atoms with Gasteiger partial charge in [-0.1, -0.05) is 6.07 Å². The highest BCUT2D eigenvalue weighted by atomic mass is 32.1. The quantitative estimate of drug-likeness (QED) is 0.796. The average molecular weight is 352 g/mol. The zero-order valence-corrected chi connectivity index (χ0v) is 14.6. The summed E-state index contributed by atoms with van der Waals surface area (Å²) in [5, 5.41) is 4.74. The van der Waals surface area contributed by atoms with E-state index < -0.39 is 0 Å². The lowest BCUT2D eigenvalue weighted by atomic mass is 10.0. The van der Waals surface area contributed by atoms with Crippen molar-refractivity contribution in [3.05, 3.63) is 22.4 Å². The van der Waals surface area contributed by atoms with Crippen molar-refractivity contribution in [3.63, 3.8) is 0 Å². The Kier molecular flexibility index (Phi) is 6.23. The molecule has 2 fully saturated rings. The number of rotatable bonds is 6. The van der Waals surface area contributed by atoms with E-state index in [2.05, 4.69) is 5.32 Å². The van der Waals surface area contributed by atoms with Gasteiger partial charge in [-0.05, 0) is 37.1 Å². The van der Waals surface area contributed by atoms with Crippen LogP contribution in [0, 0.1) is 0 Å². The van der Waals surface area contributed by atoms with Crippen LogP contribution in [0.5, 0.6) is 0 Å². The molecule has 0 saturated carbocycles. The fourth-order valence-electron chi connectivity index (χ4n) is 3.23. The van der Waals surface area contributed by atoms with Crippen molar-refractivity contribution in [2.45, 2.75) is 44.4 Å². The Balaban J connectivity index is 1.42. The van der Waals surface area contributed by atoms with Crippen LogP contribution in [-0.2, 0) is 14.3 Å².